The normalized spacial score (nSPS) is 17.2. The van der Waals surface area contributed by atoms with Crippen molar-refractivity contribution in [2.45, 2.75) is 31.4 Å². The van der Waals surface area contributed by atoms with Gasteiger partial charge in [0.2, 0.25) is 0 Å². The molecule has 1 atom stereocenters. The van der Waals surface area contributed by atoms with Gasteiger partial charge in [-0.15, -0.1) is 0 Å². The van der Waals surface area contributed by atoms with E-state index in [1.807, 2.05) is 24.3 Å². The van der Waals surface area contributed by atoms with Crippen molar-refractivity contribution < 1.29 is 14.3 Å². The number of nitrogens with one attached hydrogen (secondary N) is 1. The molecule has 3 rings (SSSR count). The standard InChI is InChI=1S/C20H20BrCl2NO3/c1-13(27-17-7-3-6-16(22)18(17)23)19(25)24-20(8-10-26-11-9-20)14-4-2-5-15(21)12-14/h2-7,12-13H,8-11H2,1H3,(H,24,25). The van der Waals surface area contributed by atoms with Gasteiger partial charge >= 0.3 is 0 Å². The molecule has 0 saturated carbocycles. The van der Waals surface area contributed by atoms with Gasteiger partial charge in [0.1, 0.15) is 10.8 Å². The molecule has 0 bridgehead atoms. The SMILES string of the molecule is CC(Oc1cccc(Cl)c1Cl)C(=O)NC1(c2cccc(Br)c2)CCOCC1. The van der Waals surface area contributed by atoms with Crippen LogP contribution in [0.2, 0.25) is 10.0 Å². The second-order valence-corrected chi connectivity index (χ2v) is 8.21. The van der Waals surface area contributed by atoms with Crippen LogP contribution in [0.5, 0.6) is 5.75 Å². The number of benzene rings is 2. The third-order valence-electron chi connectivity index (χ3n) is 4.68. The van der Waals surface area contributed by atoms with Gasteiger partial charge in [0.15, 0.2) is 6.10 Å². The molecule has 144 valence electrons. The van der Waals surface area contributed by atoms with Crippen molar-refractivity contribution in [2.24, 2.45) is 0 Å². The number of hydrogen-bond donors (Lipinski definition) is 1. The number of halogens is 3. The zero-order chi connectivity index (χ0) is 19.4. The second-order valence-electron chi connectivity index (χ2n) is 6.51. The van der Waals surface area contributed by atoms with Crippen molar-refractivity contribution in [3.8, 4) is 5.75 Å². The fraction of sp³-hybridized carbons (Fsp3) is 0.350. The summed E-state index contributed by atoms with van der Waals surface area (Å²) in [5.41, 5.74) is 0.552. The highest BCUT2D eigenvalue weighted by Crippen LogP contribution is 2.35. The lowest BCUT2D eigenvalue weighted by molar-refractivity contribution is -0.130. The van der Waals surface area contributed by atoms with Gasteiger partial charge in [-0.3, -0.25) is 4.79 Å². The Morgan fingerprint density at radius 2 is 1.93 bits per heavy atom. The number of ether oxygens (including phenoxy) is 2. The first-order chi connectivity index (χ1) is 12.9. The first-order valence-corrected chi connectivity index (χ1v) is 10.2. The van der Waals surface area contributed by atoms with Gasteiger partial charge in [-0.2, -0.15) is 0 Å². The van der Waals surface area contributed by atoms with Crippen molar-refractivity contribution >= 4 is 45.0 Å². The minimum atomic E-state index is -0.729. The van der Waals surface area contributed by atoms with Crippen LogP contribution in [-0.4, -0.2) is 25.2 Å². The van der Waals surface area contributed by atoms with Crippen LogP contribution in [0.25, 0.3) is 0 Å². The maximum Gasteiger partial charge on any atom is 0.261 e. The molecule has 2 aromatic carbocycles. The average Bonchev–Trinajstić information content (AvgIpc) is 2.66. The molecule has 0 radical (unpaired) electrons. The van der Waals surface area contributed by atoms with Crippen LogP contribution in [-0.2, 0) is 15.1 Å². The lowest BCUT2D eigenvalue weighted by atomic mass is 9.82. The molecule has 1 amide bonds. The van der Waals surface area contributed by atoms with Crippen molar-refractivity contribution in [2.75, 3.05) is 13.2 Å². The third kappa shape index (κ3) is 4.77. The highest BCUT2D eigenvalue weighted by atomic mass is 79.9. The first kappa shape index (κ1) is 20.5. The Hall–Kier alpha value is -1.27. The van der Waals surface area contributed by atoms with Gasteiger partial charge in [0, 0.05) is 17.7 Å². The van der Waals surface area contributed by atoms with Gasteiger partial charge in [0.05, 0.1) is 10.6 Å². The Morgan fingerprint density at radius 1 is 1.22 bits per heavy atom. The molecule has 1 aliphatic rings. The largest absolute Gasteiger partial charge is 0.479 e. The van der Waals surface area contributed by atoms with E-state index in [0.29, 0.717) is 41.9 Å². The van der Waals surface area contributed by atoms with Gasteiger partial charge in [0.25, 0.3) is 5.91 Å². The molecule has 1 saturated heterocycles. The summed E-state index contributed by atoms with van der Waals surface area (Å²) < 4.78 is 12.2. The van der Waals surface area contributed by atoms with Crippen molar-refractivity contribution in [1.82, 2.24) is 5.32 Å². The van der Waals surface area contributed by atoms with Gasteiger partial charge < -0.3 is 14.8 Å². The highest BCUT2D eigenvalue weighted by Gasteiger charge is 2.37. The summed E-state index contributed by atoms with van der Waals surface area (Å²) in [5, 5.41) is 3.87. The van der Waals surface area contributed by atoms with Crippen molar-refractivity contribution in [1.29, 1.82) is 0 Å². The van der Waals surface area contributed by atoms with E-state index in [1.165, 1.54) is 0 Å². The fourth-order valence-corrected chi connectivity index (χ4v) is 3.88. The molecule has 0 aromatic heterocycles. The van der Waals surface area contributed by atoms with E-state index < -0.39 is 11.6 Å². The molecule has 7 heteroatoms. The average molecular weight is 473 g/mol. The smallest absolute Gasteiger partial charge is 0.261 e. The molecule has 1 N–H and O–H groups in total. The van der Waals surface area contributed by atoms with Crippen LogP contribution in [0.4, 0.5) is 0 Å². The molecular weight excluding hydrogens is 453 g/mol. The first-order valence-electron chi connectivity index (χ1n) is 8.68. The highest BCUT2D eigenvalue weighted by molar-refractivity contribution is 9.10. The van der Waals surface area contributed by atoms with Crippen LogP contribution < -0.4 is 10.1 Å². The Morgan fingerprint density at radius 3 is 2.63 bits per heavy atom. The Labute approximate surface area is 177 Å². The zero-order valence-electron chi connectivity index (χ0n) is 14.8. The molecule has 2 aromatic rings. The van der Waals surface area contributed by atoms with E-state index in [-0.39, 0.29) is 5.91 Å². The number of hydrogen-bond acceptors (Lipinski definition) is 3. The predicted octanol–water partition coefficient (Wildman–Crippen LogP) is 5.35. The number of carbonyl (C=O) groups excluding carboxylic acids is 1. The van der Waals surface area contributed by atoms with E-state index in [1.54, 1.807) is 25.1 Å². The quantitative estimate of drug-likeness (QED) is 0.638. The fourth-order valence-electron chi connectivity index (χ4n) is 3.15. The lowest BCUT2D eigenvalue weighted by Crippen LogP contribution is -2.52. The third-order valence-corrected chi connectivity index (χ3v) is 5.97. The lowest BCUT2D eigenvalue weighted by Gasteiger charge is -2.39. The molecule has 1 unspecified atom stereocenters. The molecule has 4 nitrogen and oxygen atoms in total. The van der Waals surface area contributed by atoms with E-state index in [4.69, 9.17) is 32.7 Å². The van der Waals surface area contributed by atoms with E-state index >= 15 is 0 Å². The van der Waals surface area contributed by atoms with Crippen LogP contribution >= 0.6 is 39.1 Å². The van der Waals surface area contributed by atoms with E-state index in [9.17, 15) is 4.79 Å². The Balaban J connectivity index is 1.79. The maximum absolute atomic E-state index is 12.9. The van der Waals surface area contributed by atoms with Crippen LogP contribution in [0, 0.1) is 0 Å². The maximum atomic E-state index is 12.9. The molecule has 0 aliphatic carbocycles. The van der Waals surface area contributed by atoms with Crippen molar-refractivity contribution in [3.63, 3.8) is 0 Å². The summed E-state index contributed by atoms with van der Waals surface area (Å²) >= 11 is 15.7. The summed E-state index contributed by atoms with van der Waals surface area (Å²) in [7, 11) is 0. The summed E-state index contributed by atoms with van der Waals surface area (Å²) in [6.07, 6.45) is 0.660. The molecule has 1 heterocycles. The molecule has 1 fully saturated rings. The molecule has 1 aliphatic heterocycles. The summed E-state index contributed by atoms with van der Waals surface area (Å²) in [5.74, 6) is 0.170. The minimum absolute atomic E-state index is 0.215. The van der Waals surface area contributed by atoms with E-state index in [0.717, 1.165) is 10.0 Å². The number of carbonyl (C=O) groups is 1. The Bertz CT molecular complexity index is 825. The van der Waals surface area contributed by atoms with E-state index in [2.05, 4.69) is 21.2 Å². The van der Waals surface area contributed by atoms with Gasteiger partial charge in [-0.25, -0.2) is 0 Å². The van der Waals surface area contributed by atoms with Crippen LogP contribution in [0.1, 0.15) is 25.3 Å². The summed E-state index contributed by atoms with van der Waals surface area (Å²) in [6.45, 7) is 2.87. The predicted molar refractivity (Wildman–Crippen MR) is 111 cm³/mol. The molecular formula is C20H20BrCl2NO3. The summed E-state index contributed by atoms with van der Waals surface area (Å²) in [4.78, 5) is 12.9. The molecule has 0 spiro atoms. The number of amides is 1. The minimum Gasteiger partial charge on any atom is -0.479 e. The Kier molecular flexibility index (Phi) is 6.69. The number of rotatable bonds is 5. The van der Waals surface area contributed by atoms with Crippen molar-refractivity contribution in [3.05, 3.63) is 62.5 Å². The second kappa shape index (κ2) is 8.82. The monoisotopic (exact) mass is 471 g/mol. The molecule has 27 heavy (non-hydrogen) atoms. The van der Waals surface area contributed by atoms with Crippen LogP contribution in [0.15, 0.2) is 46.9 Å². The summed E-state index contributed by atoms with van der Waals surface area (Å²) in [6, 6.07) is 13.1. The van der Waals surface area contributed by atoms with Gasteiger partial charge in [-0.05, 0) is 49.6 Å². The van der Waals surface area contributed by atoms with Gasteiger partial charge in [-0.1, -0.05) is 57.3 Å². The topological polar surface area (TPSA) is 47.6 Å². The zero-order valence-corrected chi connectivity index (χ0v) is 17.9. The van der Waals surface area contributed by atoms with Crippen LogP contribution in [0.3, 0.4) is 0 Å².